The molecule has 116 valence electrons. The first-order valence-corrected chi connectivity index (χ1v) is 7.83. The van der Waals surface area contributed by atoms with E-state index in [1.165, 1.54) is 0 Å². The molecule has 6 heteroatoms. The highest BCUT2D eigenvalue weighted by atomic mass is 79.9. The molecule has 0 saturated heterocycles. The van der Waals surface area contributed by atoms with Crippen molar-refractivity contribution in [3.05, 3.63) is 52.0 Å². The van der Waals surface area contributed by atoms with Crippen molar-refractivity contribution in [1.29, 1.82) is 0 Å². The van der Waals surface area contributed by atoms with E-state index in [2.05, 4.69) is 26.6 Å². The molecule has 0 aliphatic rings. The van der Waals surface area contributed by atoms with Crippen LogP contribution in [0.3, 0.4) is 0 Å². The first kappa shape index (κ1) is 16.6. The molecule has 2 aromatic rings. The summed E-state index contributed by atoms with van der Waals surface area (Å²) in [5, 5.41) is 6.44. The first-order valence-electron chi connectivity index (χ1n) is 6.66. The predicted molar refractivity (Wildman–Crippen MR) is 93.9 cm³/mol. The molecule has 0 aliphatic carbocycles. The molecule has 22 heavy (non-hydrogen) atoms. The zero-order valence-corrected chi connectivity index (χ0v) is 14.5. The van der Waals surface area contributed by atoms with Gasteiger partial charge in [-0.2, -0.15) is 0 Å². The van der Waals surface area contributed by atoms with Gasteiger partial charge in [-0.1, -0.05) is 27.5 Å². The molecule has 0 aliphatic heterocycles. The van der Waals surface area contributed by atoms with Crippen molar-refractivity contribution in [1.82, 2.24) is 0 Å². The van der Waals surface area contributed by atoms with Gasteiger partial charge in [-0.3, -0.25) is 4.79 Å². The molecule has 2 N–H and O–H groups in total. The van der Waals surface area contributed by atoms with Gasteiger partial charge in [0.15, 0.2) is 0 Å². The lowest BCUT2D eigenvalue weighted by Crippen LogP contribution is -2.31. The highest BCUT2D eigenvalue weighted by Crippen LogP contribution is 2.27. The van der Waals surface area contributed by atoms with E-state index in [4.69, 9.17) is 16.3 Å². The zero-order chi connectivity index (χ0) is 16.1. The molecular weight excluding hydrogens is 368 g/mol. The number of halogens is 2. The maximum absolute atomic E-state index is 12.2. The van der Waals surface area contributed by atoms with E-state index >= 15 is 0 Å². The monoisotopic (exact) mass is 382 g/mol. The molecular formula is C16H16BrClN2O2. The van der Waals surface area contributed by atoms with Gasteiger partial charge in [-0.25, -0.2) is 0 Å². The lowest BCUT2D eigenvalue weighted by molar-refractivity contribution is -0.116. The molecule has 0 unspecified atom stereocenters. The van der Waals surface area contributed by atoms with Gasteiger partial charge in [0, 0.05) is 15.8 Å². The van der Waals surface area contributed by atoms with E-state index in [1.807, 2.05) is 30.3 Å². The maximum Gasteiger partial charge on any atom is 0.246 e. The minimum atomic E-state index is -0.409. The largest absolute Gasteiger partial charge is 0.495 e. The van der Waals surface area contributed by atoms with Crippen LogP contribution in [-0.2, 0) is 4.79 Å². The van der Waals surface area contributed by atoms with Crippen LogP contribution in [-0.4, -0.2) is 19.1 Å². The molecule has 1 atom stereocenters. The number of ether oxygens (including phenoxy) is 1. The molecule has 0 spiro atoms. The van der Waals surface area contributed by atoms with E-state index in [9.17, 15) is 4.79 Å². The lowest BCUT2D eigenvalue weighted by atomic mass is 10.2. The SMILES string of the molecule is COc1ccc(N[C@@H](C)C(=O)Nc2ccc(Br)cc2)cc1Cl. The number of carbonyl (C=O) groups is 1. The minimum Gasteiger partial charge on any atom is -0.495 e. The topological polar surface area (TPSA) is 50.4 Å². The van der Waals surface area contributed by atoms with Crippen LogP contribution >= 0.6 is 27.5 Å². The van der Waals surface area contributed by atoms with Gasteiger partial charge in [-0.15, -0.1) is 0 Å². The van der Waals surface area contributed by atoms with Crippen molar-refractivity contribution >= 4 is 44.8 Å². The van der Waals surface area contributed by atoms with Crippen LogP contribution in [0.1, 0.15) is 6.92 Å². The molecule has 0 heterocycles. The van der Waals surface area contributed by atoms with Crippen molar-refractivity contribution < 1.29 is 9.53 Å². The Kier molecular flexibility index (Phi) is 5.69. The van der Waals surface area contributed by atoms with Gasteiger partial charge in [0.05, 0.1) is 12.1 Å². The molecule has 0 radical (unpaired) electrons. The Balaban J connectivity index is 1.99. The number of anilines is 2. The van der Waals surface area contributed by atoms with Crippen molar-refractivity contribution in [3.63, 3.8) is 0 Å². The Labute approximate surface area is 142 Å². The Hall–Kier alpha value is -1.72. The van der Waals surface area contributed by atoms with Gasteiger partial charge in [0.25, 0.3) is 0 Å². The van der Waals surface area contributed by atoms with Crippen molar-refractivity contribution in [2.45, 2.75) is 13.0 Å². The third-order valence-electron chi connectivity index (χ3n) is 3.04. The third kappa shape index (κ3) is 4.39. The van der Waals surface area contributed by atoms with E-state index in [0.29, 0.717) is 10.8 Å². The number of benzene rings is 2. The van der Waals surface area contributed by atoms with Gasteiger partial charge in [-0.05, 0) is 49.4 Å². The number of methoxy groups -OCH3 is 1. The Morgan fingerprint density at radius 1 is 1.18 bits per heavy atom. The smallest absolute Gasteiger partial charge is 0.246 e. The summed E-state index contributed by atoms with van der Waals surface area (Å²) in [5.41, 5.74) is 1.50. The lowest BCUT2D eigenvalue weighted by Gasteiger charge is -2.16. The van der Waals surface area contributed by atoms with Crippen molar-refractivity contribution in [2.75, 3.05) is 17.7 Å². The Morgan fingerprint density at radius 2 is 1.82 bits per heavy atom. The van der Waals surface area contributed by atoms with Gasteiger partial charge < -0.3 is 15.4 Å². The first-order chi connectivity index (χ1) is 10.5. The average Bonchev–Trinajstić information content (AvgIpc) is 2.49. The zero-order valence-electron chi connectivity index (χ0n) is 12.2. The number of hydrogen-bond acceptors (Lipinski definition) is 3. The second-order valence-corrected chi connectivity index (χ2v) is 6.03. The Bertz CT molecular complexity index is 662. The molecule has 2 rings (SSSR count). The van der Waals surface area contributed by atoms with E-state index in [0.717, 1.165) is 15.8 Å². The summed E-state index contributed by atoms with van der Waals surface area (Å²) in [6.45, 7) is 1.78. The summed E-state index contributed by atoms with van der Waals surface area (Å²) < 4.78 is 6.06. The molecule has 2 aromatic carbocycles. The predicted octanol–water partition coefficient (Wildman–Crippen LogP) is 4.55. The summed E-state index contributed by atoms with van der Waals surface area (Å²) in [6, 6.07) is 12.3. The summed E-state index contributed by atoms with van der Waals surface area (Å²) in [7, 11) is 1.56. The summed E-state index contributed by atoms with van der Waals surface area (Å²) >= 11 is 9.42. The quantitative estimate of drug-likeness (QED) is 0.796. The average molecular weight is 384 g/mol. The second-order valence-electron chi connectivity index (χ2n) is 4.71. The fourth-order valence-corrected chi connectivity index (χ4v) is 2.38. The minimum absolute atomic E-state index is 0.130. The van der Waals surface area contributed by atoms with E-state index < -0.39 is 6.04 Å². The van der Waals surface area contributed by atoms with Crippen LogP contribution in [0.5, 0.6) is 5.75 Å². The molecule has 1 amide bonds. The van der Waals surface area contributed by atoms with Crippen LogP contribution in [0.25, 0.3) is 0 Å². The van der Waals surface area contributed by atoms with Crippen LogP contribution in [0.2, 0.25) is 5.02 Å². The van der Waals surface area contributed by atoms with Crippen molar-refractivity contribution in [3.8, 4) is 5.75 Å². The second kappa shape index (κ2) is 7.51. The number of carbonyl (C=O) groups excluding carboxylic acids is 1. The summed E-state index contributed by atoms with van der Waals surface area (Å²) in [5.74, 6) is 0.466. The molecule has 0 bridgehead atoms. The summed E-state index contributed by atoms with van der Waals surface area (Å²) in [6.07, 6.45) is 0. The van der Waals surface area contributed by atoms with E-state index in [-0.39, 0.29) is 5.91 Å². The standard InChI is InChI=1S/C16H16BrClN2O2/c1-10(16(21)20-12-5-3-11(17)4-6-12)19-13-7-8-15(22-2)14(18)9-13/h3-10,19H,1-2H3,(H,20,21)/t10-/m0/s1. The van der Waals surface area contributed by atoms with Crippen LogP contribution in [0.4, 0.5) is 11.4 Å². The van der Waals surface area contributed by atoms with Crippen LogP contribution in [0.15, 0.2) is 46.9 Å². The van der Waals surface area contributed by atoms with Gasteiger partial charge in [0.1, 0.15) is 11.8 Å². The maximum atomic E-state index is 12.2. The van der Waals surface area contributed by atoms with E-state index in [1.54, 1.807) is 26.2 Å². The molecule has 0 saturated carbocycles. The number of rotatable bonds is 5. The van der Waals surface area contributed by atoms with Crippen molar-refractivity contribution in [2.24, 2.45) is 0 Å². The molecule has 4 nitrogen and oxygen atoms in total. The highest BCUT2D eigenvalue weighted by Gasteiger charge is 2.13. The normalized spacial score (nSPS) is 11.6. The number of amides is 1. The van der Waals surface area contributed by atoms with Gasteiger partial charge in [0.2, 0.25) is 5.91 Å². The molecule has 0 aromatic heterocycles. The fraction of sp³-hybridized carbons (Fsp3) is 0.188. The fourth-order valence-electron chi connectivity index (χ4n) is 1.86. The summed E-state index contributed by atoms with van der Waals surface area (Å²) in [4.78, 5) is 12.2. The number of nitrogens with one attached hydrogen (secondary N) is 2. The van der Waals surface area contributed by atoms with Crippen LogP contribution in [0, 0.1) is 0 Å². The number of hydrogen-bond donors (Lipinski definition) is 2. The molecule has 0 fully saturated rings. The third-order valence-corrected chi connectivity index (χ3v) is 3.86. The Morgan fingerprint density at radius 3 is 2.41 bits per heavy atom. The van der Waals surface area contributed by atoms with Gasteiger partial charge >= 0.3 is 0 Å². The highest BCUT2D eigenvalue weighted by molar-refractivity contribution is 9.10. The van der Waals surface area contributed by atoms with Crippen LogP contribution < -0.4 is 15.4 Å².